The molecular formula is C16H18FN2OS2+. The Bertz CT molecular complexity index is 609. The van der Waals surface area contributed by atoms with Crippen LogP contribution in [0.4, 0.5) is 4.39 Å². The lowest BCUT2D eigenvalue weighted by Gasteiger charge is -2.27. The van der Waals surface area contributed by atoms with Crippen LogP contribution in [0.5, 0.6) is 0 Å². The predicted molar refractivity (Wildman–Crippen MR) is 90.8 cm³/mol. The maximum absolute atomic E-state index is 12.9. The number of nitrogens with one attached hydrogen (secondary N) is 1. The van der Waals surface area contributed by atoms with Gasteiger partial charge < -0.3 is 4.90 Å². The van der Waals surface area contributed by atoms with Crippen molar-refractivity contribution in [2.75, 3.05) is 19.8 Å². The van der Waals surface area contributed by atoms with Crippen LogP contribution in [0, 0.1) is 5.82 Å². The first-order chi connectivity index (χ1) is 10.6. The summed E-state index contributed by atoms with van der Waals surface area (Å²) in [5.41, 5.74) is 0.812. The molecule has 0 radical (unpaired) electrons. The molecule has 0 unspecified atom stereocenters. The van der Waals surface area contributed by atoms with E-state index in [9.17, 15) is 9.18 Å². The van der Waals surface area contributed by atoms with Gasteiger partial charge in [0, 0.05) is 0 Å². The number of rotatable bonds is 3. The second-order valence-corrected chi connectivity index (χ2v) is 7.31. The Labute approximate surface area is 139 Å². The number of nitrogens with zero attached hydrogens (tertiary/aromatic N) is 1. The van der Waals surface area contributed by atoms with Crippen LogP contribution in [0.3, 0.4) is 0 Å². The Hall–Kier alpha value is -1.24. The van der Waals surface area contributed by atoms with Crippen LogP contribution >= 0.6 is 24.0 Å². The van der Waals surface area contributed by atoms with Crippen molar-refractivity contribution in [3.63, 3.8) is 0 Å². The number of hydrogen-bond acceptors (Lipinski definition) is 3. The summed E-state index contributed by atoms with van der Waals surface area (Å²) in [5.74, 6) is -0.309. The van der Waals surface area contributed by atoms with E-state index in [-0.39, 0.29) is 11.7 Å². The number of carbonyl (C=O) groups excluding carboxylic acids is 1. The van der Waals surface area contributed by atoms with E-state index in [0.29, 0.717) is 15.9 Å². The molecular weight excluding hydrogens is 319 g/mol. The van der Waals surface area contributed by atoms with E-state index in [4.69, 9.17) is 12.2 Å². The normalized spacial score (nSPS) is 21.9. The van der Waals surface area contributed by atoms with Crippen LogP contribution in [0.25, 0.3) is 6.08 Å². The van der Waals surface area contributed by atoms with E-state index in [2.05, 4.69) is 0 Å². The highest BCUT2D eigenvalue weighted by molar-refractivity contribution is 8.26. The first-order valence-corrected chi connectivity index (χ1v) is 8.70. The topological polar surface area (TPSA) is 24.8 Å². The van der Waals surface area contributed by atoms with Gasteiger partial charge in [-0.3, -0.25) is 4.79 Å². The average Bonchev–Trinajstić information content (AvgIpc) is 2.78. The lowest BCUT2D eigenvalue weighted by molar-refractivity contribution is -0.911. The highest BCUT2D eigenvalue weighted by Crippen LogP contribution is 2.31. The van der Waals surface area contributed by atoms with Crippen molar-refractivity contribution in [3.8, 4) is 0 Å². The molecule has 116 valence electrons. The number of hydrogen-bond donors (Lipinski definition) is 1. The van der Waals surface area contributed by atoms with Crippen molar-refractivity contribution >= 4 is 40.3 Å². The lowest BCUT2D eigenvalue weighted by Crippen LogP contribution is -3.14. The first kappa shape index (κ1) is 15.6. The zero-order valence-corrected chi connectivity index (χ0v) is 13.8. The van der Waals surface area contributed by atoms with Crippen molar-refractivity contribution in [1.82, 2.24) is 4.90 Å². The molecule has 1 N–H and O–H groups in total. The molecule has 1 aromatic rings. The lowest BCUT2D eigenvalue weighted by atomic mass is 10.1. The molecule has 2 heterocycles. The summed E-state index contributed by atoms with van der Waals surface area (Å²) >= 11 is 6.69. The average molecular weight is 337 g/mol. The molecule has 3 nitrogen and oxygen atoms in total. The summed E-state index contributed by atoms with van der Waals surface area (Å²) in [6.45, 7) is 2.87. The largest absolute Gasteiger partial charge is 0.317 e. The van der Waals surface area contributed by atoms with E-state index in [1.807, 2.05) is 0 Å². The number of thiocarbonyl (C=S) groups is 1. The van der Waals surface area contributed by atoms with Crippen LogP contribution < -0.4 is 4.90 Å². The third-order valence-electron chi connectivity index (χ3n) is 3.98. The third-order valence-corrected chi connectivity index (χ3v) is 5.36. The Morgan fingerprint density at radius 2 is 1.91 bits per heavy atom. The fraction of sp³-hybridized carbons (Fsp3) is 0.375. The minimum Gasteiger partial charge on any atom is -0.317 e. The minimum absolute atomic E-state index is 0.0302. The summed E-state index contributed by atoms with van der Waals surface area (Å²) in [6.07, 6.45) is 5.50. The Balaban J connectivity index is 1.71. The molecule has 1 amide bonds. The number of quaternary nitrogens is 1. The third kappa shape index (κ3) is 3.56. The van der Waals surface area contributed by atoms with Crippen LogP contribution in [-0.4, -0.2) is 34.9 Å². The smallest absolute Gasteiger partial charge is 0.270 e. The number of piperidine rings is 1. The highest BCUT2D eigenvalue weighted by atomic mass is 32.2. The van der Waals surface area contributed by atoms with Crippen molar-refractivity contribution in [3.05, 3.63) is 40.6 Å². The monoisotopic (exact) mass is 337 g/mol. The molecule has 2 aliphatic rings. The highest BCUT2D eigenvalue weighted by Gasteiger charge is 2.34. The van der Waals surface area contributed by atoms with Gasteiger partial charge in [-0.1, -0.05) is 36.1 Å². The van der Waals surface area contributed by atoms with Crippen molar-refractivity contribution in [2.24, 2.45) is 0 Å². The number of thioether (sulfide) groups is 1. The number of amides is 1. The molecule has 2 fully saturated rings. The van der Waals surface area contributed by atoms with Crippen molar-refractivity contribution in [1.29, 1.82) is 0 Å². The fourth-order valence-corrected chi connectivity index (χ4v) is 4.04. The number of benzene rings is 1. The van der Waals surface area contributed by atoms with Gasteiger partial charge in [-0.2, -0.15) is 0 Å². The van der Waals surface area contributed by atoms with Gasteiger partial charge in [0.2, 0.25) is 0 Å². The summed E-state index contributed by atoms with van der Waals surface area (Å²) in [4.78, 5) is 16.3. The van der Waals surface area contributed by atoms with Gasteiger partial charge in [0.05, 0.1) is 18.0 Å². The molecule has 6 heteroatoms. The van der Waals surface area contributed by atoms with Gasteiger partial charge in [-0.05, 0) is 43.0 Å². The Morgan fingerprint density at radius 3 is 2.59 bits per heavy atom. The summed E-state index contributed by atoms with van der Waals surface area (Å²) in [5, 5.41) is 0. The Kier molecular flexibility index (Phi) is 4.90. The predicted octanol–water partition coefficient (Wildman–Crippen LogP) is 2.05. The van der Waals surface area contributed by atoms with Crippen molar-refractivity contribution in [2.45, 2.75) is 19.3 Å². The molecule has 1 aromatic carbocycles. The van der Waals surface area contributed by atoms with E-state index in [1.54, 1.807) is 23.1 Å². The van der Waals surface area contributed by atoms with Crippen LogP contribution in [0.15, 0.2) is 29.2 Å². The molecule has 2 aliphatic heterocycles. The minimum atomic E-state index is -0.279. The number of likely N-dealkylation sites (tertiary alicyclic amines) is 1. The zero-order valence-electron chi connectivity index (χ0n) is 12.2. The van der Waals surface area contributed by atoms with Crippen LogP contribution in [0.2, 0.25) is 0 Å². The quantitative estimate of drug-likeness (QED) is 0.675. The molecule has 2 saturated heterocycles. The Morgan fingerprint density at radius 1 is 1.23 bits per heavy atom. The van der Waals surface area contributed by atoms with Gasteiger partial charge in [0.1, 0.15) is 5.82 Å². The van der Waals surface area contributed by atoms with Crippen LogP contribution in [-0.2, 0) is 4.79 Å². The standard InChI is InChI=1S/C16H17FN2OS2/c17-13-6-4-12(5-7-13)10-14-15(20)19(16(21)22-14)11-18-8-2-1-3-9-18/h4-7,10H,1-3,8-9,11H2/p+1/b14-10+. The number of halogens is 1. The molecule has 0 bridgehead atoms. The molecule has 0 saturated carbocycles. The van der Waals surface area contributed by atoms with E-state index in [1.165, 1.54) is 48.1 Å². The molecule has 0 aromatic heterocycles. The number of carbonyl (C=O) groups is 1. The molecule has 0 spiro atoms. The molecule has 3 rings (SSSR count). The molecule has 22 heavy (non-hydrogen) atoms. The van der Waals surface area contributed by atoms with Gasteiger partial charge in [-0.15, -0.1) is 0 Å². The second-order valence-electron chi connectivity index (χ2n) is 5.63. The first-order valence-electron chi connectivity index (χ1n) is 7.48. The van der Waals surface area contributed by atoms with E-state index in [0.717, 1.165) is 18.7 Å². The molecule has 0 atom stereocenters. The van der Waals surface area contributed by atoms with E-state index >= 15 is 0 Å². The van der Waals surface area contributed by atoms with E-state index < -0.39 is 0 Å². The van der Waals surface area contributed by atoms with Gasteiger partial charge in [0.25, 0.3) is 5.91 Å². The fourth-order valence-electron chi connectivity index (χ4n) is 2.78. The maximum atomic E-state index is 12.9. The summed E-state index contributed by atoms with van der Waals surface area (Å²) in [7, 11) is 0. The second kappa shape index (κ2) is 6.89. The summed E-state index contributed by atoms with van der Waals surface area (Å²) in [6, 6.07) is 6.12. The zero-order chi connectivity index (χ0) is 15.5. The van der Waals surface area contributed by atoms with Gasteiger partial charge >= 0.3 is 0 Å². The molecule has 0 aliphatic carbocycles. The SMILES string of the molecule is O=C1/C(=C\c2ccc(F)cc2)SC(=S)N1C[NH+]1CCCCC1. The van der Waals surface area contributed by atoms with Crippen molar-refractivity contribution < 1.29 is 14.1 Å². The summed E-state index contributed by atoms with van der Waals surface area (Å²) < 4.78 is 13.6. The van der Waals surface area contributed by atoms with Gasteiger partial charge in [-0.25, -0.2) is 9.29 Å². The van der Waals surface area contributed by atoms with Gasteiger partial charge in [0.15, 0.2) is 11.0 Å². The maximum Gasteiger partial charge on any atom is 0.270 e. The van der Waals surface area contributed by atoms with Crippen LogP contribution in [0.1, 0.15) is 24.8 Å².